The molecule has 160 valence electrons. The SMILES string of the molecule is COc1cc(-c2cnn(C3CCN(C(=O)C4(C)CNC4)CC3)c2)cn2ncc(C#N)c12. The van der Waals surface area contributed by atoms with Crippen LogP contribution < -0.4 is 10.1 Å². The number of ether oxygens (including phenoxy) is 1. The highest BCUT2D eigenvalue weighted by Gasteiger charge is 2.42. The van der Waals surface area contributed by atoms with Crippen molar-refractivity contribution in [3.8, 4) is 22.9 Å². The van der Waals surface area contributed by atoms with Gasteiger partial charge in [0.2, 0.25) is 5.91 Å². The third-order valence-electron chi connectivity index (χ3n) is 6.52. The molecule has 2 aliphatic heterocycles. The Hall–Kier alpha value is -3.38. The van der Waals surface area contributed by atoms with Crippen LogP contribution in [0.25, 0.3) is 16.6 Å². The van der Waals surface area contributed by atoms with Crippen molar-refractivity contribution < 1.29 is 9.53 Å². The summed E-state index contributed by atoms with van der Waals surface area (Å²) in [4.78, 5) is 14.8. The van der Waals surface area contributed by atoms with E-state index in [9.17, 15) is 10.1 Å². The lowest BCUT2D eigenvalue weighted by molar-refractivity contribution is -0.145. The summed E-state index contributed by atoms with van der Waals surface area (Å²) in [6.07, 6.45) is 9.09. The van der Waals surface area contributed by atoms with Crippen LogP contribution in [-0.4, -0.2) is 63.5 Å². The number of hydrogen-bond acceptors (Lipinski definition) is 6. The zero-order chi connectivity index (χ0) is 21.6. The lowest BCUT2D eigenvalue weighted by Crippen LogP contribution is -2.61. The van der Waals surface area contributed by atoms with Gasteiger partial charge in [-0.15, -0.1) is 0 Å². The first kappa shape index (κ1) is 19.6. The number of amides is 1. The van der Waals surface area contributed by atoms with E-state index in [-0.39, 0.29) is 17.4 Å². The fraction of sp³-hybridized carbons (Fsp3) is 0.455. The third-order valence-corrected chi connectivity index (χ3v) is 6.52. The minimum absolute atomic E-state index is 0.235. The minimum atomic E-state index is -0.235. The van der Waals surface area contributed by atoms with Crippen molar-refractivity contribution in [3.63, 3.8) is 0 Å². The largest absolute Gasteiger partial charge is 0.494 e. The summed E-state index contributed by atoms with van der Waals surface area (Å²) in [6.45, 7) is 5.11. The van der Waals surface area contributed by atoms with Crippen LogP contribution in [0.1, 0.15) is 31.4 Å². The van der Waals surface area contributed by atoms with E-state index in [4.69, 9.17) is 4.74 Å². The monoisotopic (exact) mass is 419 g/mol. The van der Waals surface area contributed by atoms with Gasteiger partial charge in [-0.05, 0) is 25.8 Å². The van der Waals surface area contributed by atoms with Crippen LogP contribution >= 0.6 is 0 Å². The van der Waals surface area contributed by atoms with Crippen LogP contribution in [0, 0.1) is 16.7 Å². The Balaban J connectivity index is 1.33. The second-order valence-corrected chi connectivity index (χ2v) is 8.66. The van der Waals surface area contributed by atoms with E-state index >= 15 is 0 Å². The highest BCUT2D eigenvalue weighted by molar-refractivity contribution is 5.84. The Morgan fingerprint density at radius 3 is 2.65 bits per heavy atom. The number of hydrogen-bond donors (Lipinski definition) is 1. The fourth-order valence-corrected chi connectivity index (χ4v) is 4.53. The van der Waals surface area contributed by atoms with Crippen molar-refractivity contribution in [1.82, 2.24) is 29.6 Å². The van der Waals surface area contributed by atoms with Gasteiger partial charge in [0.15, 0.2) is 0 Å². The van der Waals surface area contributed by atoms with E-state index in [0.29, 0.717) is 16.8 Å². The number of pyridine rings is 1. The van der Waals surface area contributed by atoms with E-state index in [0.717, 1.165) is 50.1 Å². The maximum absolute atomic E-state index is 12.7. The van der Waals surface area contributed by atoms with Gasteiger partial charge >= 0.3 is 0 Å². The first-order valence-corrected chi connectivity index (χ1v) is 10.5. The molecule has 9 heteroatoms. The van der Waals surface area contributed by atoms with Crippen molar-refractivity contribution in [3.05, 3.63) is 36.4 Å². The first-order chi connectivity index (χ1) is 15.0. The molecule has 9 nitrogen and oxygen atoms in total. The molecular formula is C22H25N7O2. The van der Waals surface area contributed by atoms with E-state index < -0.39 is 0 Å². The lowest BCUT2D eigenvalue weighted by Gasteiger charge is -2.43. The van der Waals surface area contributed by atoms with Crippen molar-refractivity contribution in [2.75, 3.05) is 33.3 Å². The Labute approximate surface area is 180 Å². The predicted molar refractivity (Wildman–Crippen MR) is 114 cm³/mol. The van der Waals surface area contributed by atoms with Crippen LogP contribution in [0.2, 0.25) is 0 Å². The second-order valence-electron chi connectivity index (χ2n) is 8.66. The number of likely N-dealkylation sites (tertiary alicyclic amines) is 1. The molecular weight excluding hydrogens is 394 g/mol. The maximum Gasteiger partial charge on any atom is 0.231 e. The molecule has 0 aliphatic carbocycles. The predicted octanol–water partition coefficient (Wildman–Crippen LogP) is 1.85. The molecule has 5 heterocycles. The average Bonchev–Trinajstić information content (AvgIpc) is 3.43. The van der Waals surface area contributed by atoms with Crippen LogP contribution in [0.3, 0.4) is 0 Å². The summed E-state index contributed by atoms with van der Waals surface area (Å²) >= 11 is 0. The maximum atomic E-state index is 12.7. The molecule has 1 amide bonds. The van der Waals surface area contributed by atoms with Gasteiger partial charge in [0.05, 0.1) is 31.0 Å². The summed E-state index contributed by atoms with van der Waals surface area (Å²) in [6, 6.07) is 4.33. The summed E-state index contributed by atoms with van der Waals surface area (Å²) in [5, 5.41) is 21.4. The summed E-state index contributed by atoms with van der Waals surface area (Å²) in [5.41, 5.74) is 2.78. The smallest absolute Gasteiger partial charge is 0.231 e. The fourth-order valence-electron chi connectivity index (χ4n) is 4.53. The summed E-state index contributed by atoms with van der Waals surface area (Å²) in [7, 11) is 1.59. The van der Waals surface area contributed by atoms with E-state index in [2.05, 4.69) is 21.6 Å². The molecule has 0 saturated carbocycles. The van der Waals surface area contributed by atoms with Gasteiger partial charge in [0, 0.05) is 49.7 Å². The highest BCUT2D eigenvalue weighted by Crippen LogP contribution is 2.32. The van der Waals surface area contributed by atoms with Crippen LogP contribution in [-0.2, 0) is 4.79 Å². The Kier molecular flexibility index (Phi) is 4.67. The molecule has 2 aliphatic rings. The van der Waals surface area contributed by atoms with Gasteiger partial charge < -0.3 is 15.0 Å². The number of carbonyl (C=O) groups is 1. The molecule has 0 unspecified atom stereocenters. The molecule has 3 aromatic heterocycles. The van der Waals surface area contributed by atoms with E-state index in [1.54, 1.807) is 17.8 Å². The molecule has 3 aromatic rings. The highest BCUT2D eigenvalue weighted by atomic mass is 16.5. The molecule has 1 N–H and O–H groups in total. The number of rotatable bonds is 4. The van der Waals surface area contributed by atoms with Gasteiger partial charge in [-0.2, -0.15) is 15.5 Å². The van der Waals surface area contributed by atoms with E-state index in [1.807, 2.05) is 41.2 Å². The van der Waals surface area contributed by atoms with Crippen LogP contribution in [0.5, 0.6) is 5.75 Å². The number of nitriles is 1. The Morgan fingerprint density at radius 1 is 1.23 bits per heavy atom. The van der Waals surface area contributed by atoms with Crippen molar-refractivity contribution in [2.24, 2.45) is 5.41 Å². The molecule has 0 spiro atoms. The average molecular weight is 419 g/mol. The zero-order valence-corrected chi connectivity index (χ0v) is 17.7. The Bertz CT molecular complexity index is 1180. The number of fused-ring (bicyclic) bond motifs is 1. The van der Waals surface area contributed by atoms with Crippen molar-refractivity contribution >= 4 is 11.4 Å². The number of nitrogens with one attached hydrogen (secondary N) is 1. The standard InChI is InChI=1S/C22H25N7O2/c1-22(13-24-14-22)21(30)27-5-3-18(4-6-27)28-12-17(10-25-28)15-7-19(31-2)20-16(8-23)9-26-29(20)11-15/h7,9-12,18,24H,3-6,13-14H2,1-2H3. The van der Waals surface area contributed by atoms with Gasteiger partial charge in [0.25, 0.3) is 0 Å². The number of carbonyl (C=O) groups excluding carboxylic acids is 1. The second kappa shape index (κ2) is 7.39. The number of piperidine rings is 1. The molecule has 0 aromatic carbocycles. The third kappa shape index (κ3) is 3.24. The molecule has 5 rings (SSSR count). The number of nitrogens with zero attached hydrogens (tertiary/aromatic N) is 6. The summed E-state index contributed by atoms with van der Waals surface area (Å²) in [5.74, 6) is 0.868. The van der Waals surface area contributed by atoms with Gasteiger partial charge in [-0.3, -0.25) is 9.48 Å². The van der Waals surface area contributed by atoms with Gasteiger partial charge in [0.1, 0.15) is 22.9 Å². The van der Waals surface area contributed by atoms with Crippen molar-refractivity contribution in [2.45, 2.75) is 25.8 Å². The zero-order valence-electron chi connectivity index (χ0n) is 17.7. The minimum Gasteiger partial charge on any atom is -0.494 e. The quantitative estimate of drug-likeness (QED) is 0.693. The van der Waals surface area contributed by atoms with E-state index in [1.165, 1.54) is 0 Å². The van der Waals surface area contributed by atoms with Gasteiger partial charge in [-0.1, -0.05) is 0 Å². The number of aromatic nitrogens is 4. The molecule has 31 heavy (non-hydrogen) atoms. The molecule has 2 saturated heterocycles. The number of methoxy groups -OCH3 is 1. The van der Waals surface area contributed by atoms with Crippen molar-refractivity contribution in [1.29, 1.82) is 5.26 Å². The first-order valence-electron chi connectivity index (χ1n) is 10.5. The Morgan fingerprint density at radius 2 is 2.00 bits per heavy atom. The molecule has 0 atom stereocenters. The van der Waals surface area contributed by atoms with Crippen LogP contribution in [0.15, 0.2) is 30.9 Å². The molecule has 0 radical (unpaired) electrons. The lowest BCUT2D eigenvalue weighted by atomic mass is 9.82. The van der Waals surface area contributed by atoms with Gasteiger partial charge in [-0.25, -0.2) is 4.52 Å². The molecule has 0 bridgehead atoms. The molecule has 2 fully saturated rings. The topological polar surface area (TPSA) is 100 Å². The normalized spacial score (nSPS) is 18.5. The van der Waals surface area contributed by atoms with Crippen LogP contribution in [0.4, 0.5) is 0 Å². The summed E-state index contributed by atoms with van der Waals surface area (Å²) < 4.78 is 9.18.